The van der Waals surface area contributed by atoms with Crippen molar-refractivity contribution in [3.8, 4) is 22.6 Å². The van der Waals surface area contributed by atoms with E-state index >= 15 is 0 Å². The molecule has 0 bridgehead atoms. The maximum absolute atomic E-state index is 14.5. The van der Waals surface area contributed by atoms with Crippen LogP contribution in [-0.2, 0) is 13.1 Å². The van der Waals surface area contributed by atoms with Crippen LogP contribution in [0.4, 0.5) is 10.2 Å². The Morgan fingerprint density at radius 2 is 1.67 bits per heavy atom. The second-order valence-electron chi connectivity index (χ2n) is 6.38. The standard InChI is InChI=1S/C23H20FN3O.C2H6/c24-20-10-5-4-9-17(20)18-13-21(22-11-6-12-28-22)27-23(19(18)14-25)26-15-16-7-2-1-3-8-16;1-2/h1-13H,14-15,25H2,(H,26,27);1-2H3. The van der Waals surface area contributed by atoms with Gasteiger partial charge in [0.15, 0.2) is 5.76 Å². The summed E-state index contributed by atoms with van der Waals surface area (Å²) in [5.74, 6) is 0.935. The molecule has 0 unspecified atom stereocenters. The van der Waals surface area contributed by atoms with Gasteiger partial charge >= 0.3 is 0 Å². The topological polar surface area (TPSA) is 64.1 Å². The number of hydrogen-bond donors (Lipinski definition) is 2. The second kappa shape index (κ2) is 10.4. The molecular formula is C25H26FN3O. The van der Waals surface area contributed by atoms with Crippen molar-refractivity contribution >= 4 is 5.82 Å². The van der Waals surface area contributed by atoms with E-state index in [-0.39, 0.29) is 12.4 Å². The zero-order valence-corrected chi connectivity index (χ0v) is 17.2. The number of benzene rings is 2. The molecule has 0 aliphatic rings. The highest BCUT2D eigenvalue weighted by Gasteiger charge is 2.17. The van der Waals surface area contributed by atoms with Crippen molar-refractivity contribution in [2.24, 2.45) is 5.73 Å². The first-order chi connectivity index (χ1) is 14.8. The van der Waals surface area contributed by atoms with E-state index < -0.39 is 0 Å². The van der Waals surface area contributed by atoms with Crippen LogP contribution in [0.1, 0.15) is 25.0 Å². The monoisotopic (exact) mass is 403 g/mol. The molecule has 2 aromatic heterocycles. The van der Waals surface area contributed by atoms with Crippen LogP contribution in [0.3, 0.4) is 0 Å². The lowest BCUT2D eigenvalue weighted by Crippen LogP contribution is -2.10. The molecule has 4 rings (SSSR count). The summed E-state index contributed by atoms with van der Waals surface area (Å²) in [4.78, 5) is 4.71. The summed E-state index contributed by atoms with van der Waals surface area (Å²) in [7, 11) is 0. The molecule has 0 radical (unpaired) electrons. The Bertz CT molecular complexity index is 1060. The molecule has 30 heavy (non-hydrogen) atoms. The Morgan fingerprint density at radius 1 is 0.933 bits per heavy atom. The number of hydrogen-bond acceptors (Lipinski definition) is 4. The van der Waals surface area contributed by atoms with Gasteiger partial charge in [0.2, 0.25) is 0 Å². The predicted molar refractivity (Wildman–Crippen MR) is 120 cm³/mol. The molecule has 2 heterocycles. The van der Waals surface area contributed by atoms with E-state index in [1.807, 2.05) is 62.4 Å². The Balaban J connectivity index is 0.00000124. The molecule has 4 nitrogen and oxygen atoms in total. The van der Waals surface area contributed by atoms with Crippen LogP contribution < -0.4 is 11.1 Å². The summed E-state index contributed by atoms with van der Waals surface area (Å²) in [6.07, 6.45) is 1.59. The first kappa shape index (κ1) is 21.3. The minimum absolute atomic E-state index is 0.228. The van der Waals surface area contributed by atoms with Gasteiger partial charge in [-0.3, -0.25) is 0 Å². The summed E-state index contributed by atoms with van der Waals surface area (Å²) < 4.78 is 20.1. The lowest BCUT2D eigenvalue weighted by molar-refractivity contribution is 0.580. The van der Waals surface area contributed by atoms with Gasteiger partial charge in [0.25, 0.3) is 0 Å². The van der Waals surface area contributed by atoms with Gasteiger partial charge in [0, 0.05) is 24.2 Å². The van der Waals surface area contributed by atoms with E-state index in [9.17, 15) is 4.39 Å². The van der Waals surface area contributed by atoms with E-state index in [4.69, 9.17) is 15.1 Å². The van der Waals surface area contributed by atoms with Crippen LogP contribution in [0.2, 0.25) is 0 Å². The molecule has 2 aromatic carbocycles. The van der Waals surface area contributed by atoms with Crippen molar-refractivity contribution in [3.05, 3.63) is 96.0 Å². The maximum atomic E-state index is 14.5. The summed E-state index contributed by atoms with van der Waals surface area (Å²) in [6, 6.07) is 22.1. The lowest BCUT2D eigenvalue weighted by Gasteiger charge is -2.17. The van der Waals surface area contributed by atoms with E-state index in [1.54, 1.807) is 24.5 Å². The van der Waals surface area contributed by atoms with Crippen LogP contribution >= 0.6 is 0 Å². The van der Waals surface area contributed by atoms with Crippen molar-refractivity contribution in [1.82, 2.24) is 4.98 Å². The average Bonchev–Trinajstić information content (AvgIpc) is 3.34. The zero-order valence-electron chi connectivity index (χ0n) is 17.2. The quantitative estimate of drug-likeness (QED) is 0.400. The Kier molecular flexibility index (Phi) is 7.35. The normalized spacial score (nSPS) is 10.3. The van der Waals surface area contributed by atoms with E-state index in [0.717, 1.165) is 11.1 Å². The van der Waals surface area contributed by atoms with Crippen LogP contribution in [0.15, 0.2) is 83.5 Å². The Hall–Kier alpha value is -3.44. The van der Waals surface area contributed by atoms with Crippen LogP contribution in [-0.4, -0.2) is 4.98 Å². The lowest BCUT2D eigenvalue weighted by atomic mass is 9.98. The number of anilines is 1. The number of aromatic nitrogens is 1. The fourth-order valence-electron chi connectivity index (χ4n) is 3.18. The van der Waals surface area contributed by atoms with E-state index in [1.165, 1.54) is 6.07 Å². The van der Waals surface area contributed by atoms with Crippen LogP contribution in [0.5, 0.6) is 0 Å². The fraction of sp³-hybridized carbons (Fsp3) is 0.160. The van der Waals surface area contributed by atoms with Gasteiger partial charge < -0.3 is 15.5 Å². The molecular weight excluding hydrogens is 377 g/mol. The number of pyridine rings is 1. The first-order valence-corrected chi connectivity index (χ1v) is 10.1. The summed E-state index contributed by atoms with van der Waals surface area (Å²) in [6.45, 7) is 4.81. The minimum atomic E-state index is -0.303. The number of nitrogens with two attached hydrogens (primary N) is 1. The highest BCUT2D eigenvalue weighted by molar-refractivity contribution is 5.77. The van der Waals surface area contributed by atoms with Gasteiger partial charge in [0.05, 0.1) is 6.26 Å². The van der Waals surface area contributed by atoms with Gasteiger partial charge in [-0.15, -0.1) is 0 Å². The van der Waals surface area contributed by atoms with Crippen molar-refractivity contribution in [2.75, 3.05) is 5.32 Å². The largest absolute Gasteiger partial charge is 0.463 e. The van der Waals surface area contributed by atoms with Gasteiger partial charge in [-0.05, 0) is 35.4 Å². The molecule has 0 aliphatic heterocycles. The molecule has 0 saturated heterocycles. The third-order valence-corrected chi connectivity index (χ3v) is 4.57. The van der Waals surface area contributed by atoms with Crippen molar-refractivity contribution in [3.63, 3.8) is 0 Å². The number of furan rings is 1. The fourth-order valence-corrected chi connectivity index (χ4v) is 3.18. The SMILES string of the molecule is CC.NCc1c(-c2ccccc2F)cc(-c2ccco2)nc1NCc1ccccc1. The molecule has 5 heteroatoms. The molecule has 0 aliphatic carbocycles. The van der Waals surface area contributed by atoms with E-state index in [2.05, 4.69) is 5.32 Å². The molecule has 0 fully saturated rings. The Morgan fingerprint density at radius 3 is 2.33 bits per heavy atom. The molecule has 3 N–H and O–H groups in total. The Labute approximate surface area is 176 Å². The average molecular weight is 404 g/mol. The first-order valence-electron chi connectivity index (χ1n) is 10.1. The molecule has 0 spiro atoms. The van der Waals surface area contributed by atoms with Crippen LogP contribution in [0.25, 0.3) is 22.6 Å². The number of rotatable bonds is 6. The predicted octanol–water partition coefficient (Wildman–Crippen LogP) is 6.24. The number of nitrogens with one attached hydrogen (secondary N) is 1. The third kappa shape index (κ3) is 4.75. The molecule has 0 saturated carbocycles. The van der Waals surface area contributed by atoms with Crippen molar-refractivity contribution in [2.45, 2.75) is 26.9 Å². The highest BCUT2D eigenvalue weighted by Crippen LogP contribution is 2.34. The van der Waals surface area contributed by atoms with Gasteiger partial charge in [0.1, 0.15) is 17.3 Å². The smallest absolute Gasteiger partial charge is 0.152 e. The van der Waals surface area contributed by atoms with Crippen molar-refractivity contribution in [1.29, 1.82) is 0 Å². The summed E-state index contributed by atoms with van der Waals surface area (Å²) >= 11 is 0. The zero-order chi connectivity index (χ0) is 21.3. The number of nitrogens with zero attached hydrogens (tertiary/aromatic N) is 1. The van der Waals surface area contributed by atoms with E-state index in [0.29, 0.717) is 34.9 Å². The summed E-state index contributed by atoms with van der Waals surface area (Å²) in [5, 5.41) is 3.36. The molecule has 4 aromatic rings. The number of halogens is 1. The van der Waals surface area contributed by atoms with Gasteiger partial charge in [-0.25, -0.2) is 9.37 Å². The molecule has 0 atom stereocenters. The molecule has 0 amide bonds. The summed E-state index contributed by atoms with van der Waals surface area (Å²) in [5.41, 5.74) is 9.74. The molecule has 154 valence electrons. The van der Waals surface area contributed by atoms with Gasteiger partial charge in [-0.2, -0.15) is 0 Å². The third-order valence-electron chi connectivity index (χ3n) is 4.57. The maximum Gasteiger partial charge on any atom is 0.152 e. The second-order valence-corrected chi connectivity index (χ2v) is 6.38. The van der Waals surface area contributed by atoms with Crippen LogP contribution in [0, 0.1) is 5.82 Å². The van der Waals surface area contributed by atoms with Crippen molar-refractivity contribution < 1.29 is 8.81 Å². The minimum Gasteiger partial charge on any atom is -0.463 e. The highest BCUT2D eigenvalue weighted by atomic mass is 19.1. The van der Waals surface area contributed by atoms with Gasteiger partial charge in [-0.1, -0.05) is 62.4 Å².